The van der Waals surface area contributed by atoms with E-state index in [9.17, 15) is 0 Å². The number of hydrazone groups is 1. The molecular weight excluding hydrogens is 232 g/mol. The minimum Gasteiger partial charge on any atom is -0.375 e. The third-order valence-electron chi connectivity index (χ3n) is 2.54. The van der Waals surface area contributed by atoms with Gasteiger partial charge in [0.1, 0.15) is 0 Å². The maximum Gasteiger partial charge on any atom is 0.184 e. The van der Waals surface area contributed by atoms with E-state index in [0.29, 0.717) is 0 Å². The average molecular weight is 246 g/mol. The Morgan fingerprint density at radius 1 is 1.53 bits per heavy atom. The number of aromatic nitrogens is 1. The maximum atomic E-state index is 5.30. The summed E-state index contributed by atoms with van der Waals surface area (Å²) in [4.78, 5) is 0. The predicted octanol–water partition coefficient (Wildman–Crippen LogP) is 1.83. The van der Waals surface area contributed by atoms with Gasteiger partial charge in [-0.15, -0.1) is 0 Å². The summed E-state index contributed by atoms with van der Waals surface area (Å²) in [5, 5.41) is 5.32. The van der Waals surface area contributed by atoms with Crippen molar-refractivity contribution >= 4 is 34.4 Å². The first-order valence-corrected chi connectivity index (χ1v) is 5.79. The van der Waals surface area contributed by atoms with Crippen molar-refractivity contribution in [2.24, 2.45) is 10.8 Å². The zero-order valence-electron chi connectivity index (χ0n) is 9.55. The second-order valence-electron chi connectivity index (χ2n) is 3.62. The number of nitrogens with one attached hydrogen (secondary N) is 1. The lowest BCUT2D eigenvalue weighted by Crippen LogP contribution is -2.23. The Morgan fingerprint density at radius 2 is 2.29 bits per heavy atom. The van der Waals surface area contributed by atoms with Crippen LogP contribution in [0.5, 0.6) is 0 Å². The van der Waals surface area contributed by atoms with E-state index < -0.39 is 0 Å². The lowest BCUT2D eigenvalue weighted by atomic mass is 10.2. The van der Waals surface area contributed by atoms with Crippen LogP contribution in [0.4, 0.5) is 0 Å². The number of fused-ring (bicyclic) bond motifs is 1. The Labute approximate surface area is 105 Å². The molecule has 1 aromatic heterocycles. The molecule has 0 saturated carbocycles. The molecule has 2 rings (SSSR count). The molecule has 5 heteroatoms. The molecule has 1 heterocycles. The van der Waals surface area contributed by atoms with Crippen molar-refractivity contribution in [3.05, 3.63) is 36.0 Å². The van der Waals surface area contributed by atoms with Gasteiger partial charge in [-0.05, 0) is 25.2 Å². The van der Waals surface area contributed by atoms with Crippen molar-refractivity contribution in [2.45, 2.75) is 13.5 Å². The highest BCUT2D eigenvalue weighted by Gasteiger charge is 2.04. The van der Waals surface area contributed by atoms with Crippen LogP contribution in [0, 0.1) is 0 Å². The van der Waals surface area contributed by atoms with Crippen LogP contribution in [0.15, 0.2) is 35.6 Å². The van der Waals surface area contributed by atoms with Gasteiger partial charge in [0.2, 0.25) is 0 Å². The molecule has 0 aliphatic rings. The summed E-state index contributed by atoms with van der Waals surface area (Å²) in [6, 6.07) is 8.21. The van der Waals surface area contributed by atoms with E-state index in [1.807, 2.05) is 12.1 Å². The number of benzene rings is 1. The van der Waals surface area contributed by atoms with Gasteiger partial charge in [-0.25, -0.2) is 0 Å². The van der Waals surface area contributed by atoms with Crippen molar-refractivity contribution in [3.63, 3.8) is 0 Å². The van der Waals surface area contributed by atoms with Gasteiger partial charge >= 0.3 is 0 Å². The fraction of sp³-hybridized carbons (Fsp3) is 0.167. The summed E-state index contributed by atoms with van der Waals surface area (Å²) >= 11 is 4.68. The van der Waals surface area contributed by atoms with E-state index in [1.54, 1.807) is 6.21 Å². The lowest BCUT2D eigenvalue weighted by molar-refractivity contribution is 0.797. The SMILES string of the molecule is CCn1cc(/C=N\NC(N)=S)c2ccccc21. The smallest absolute Gasteiger partial charge is 0.184 e. The van der Waals surface area contributed by atoms with Crippen molar-refractivity contribution in [2.75, 3.05) is 0 Å². The van der Waals surface area contributed by atoms with Crippen LogP contribution in [0.1, 0.15) is 12.5 Å². The maximum absolute atomic E-state index is 5.30. The number of hydrogen-bond acceptors (Lipinski definition) is 2. The number of para-hydroxylation sites is 1. The van der Waals surface area contributed by atoms with E-state index in [2.05, 4.69) is 52.6 Å². The van der Waals surface area contributed by atoms with Crippen molar-refractivity contribution in [1.29, 1.82) is 0 Å². The second kappa shape index (κ2) is 4.97. The van der Waals surface area contributed by atoms with Gasteiger partial charge < -0.3 is 10.3 Å². The van der Waals surface area contributed by atoms with Crippen molar-refractivity contribution in [1.82, 2.24) is 9.99 Å². The number of hydrogen-bond donors (Lipinski definition) is 2. The first kappa shape index (κ1) is 11.6. The van der Waals surface area contributed by atoms with Crippen LogP contribution in [0.25, 0.3) is 10.9 Å². The normalized spacial score (nSPS) is 11.1. The number of rotatable bonds is 3. The highest BCUT2D eigenvalue weighted by atomic mass is 32.1. The molecule has 0 aliphatic carbocycles. The van der Waals surface area contributed by atoms with Crippen LogP contribution in [-0.4, -0.2) is 15.9 Å². The Balaban J connectivity index is 2.40. The molecule has 0 unspecified atom stereocenters. The zero-order valence-corrected chi connectivity index (χ0v) is 10.4. The highest BCUT2D eigenvalue weighted by molar-refractivity contribution is 7.80. The quantitative estimate of drug-likeness (QED) is 0.493. The molecule has 0 aliphatic heterocycles. The zero-order chi connectivity index (χ0) is 12.3. The van der Waals surface area contributed by atoms with Crippen LogP contribution in [0.3, 0.4) is 0 Å². The summed E-state index contributed by atoms with van der Waals surface area (Å²) in [7, 11) is 0. The molecule has 88 valence electrons. The van der Waals surface area contributed by atoms with Crippen LogP contribution >= 0.6 is 12.2 Å². The Morgan fingerprint density at radius 3 is 3.00 bits per heavy atom. The van der Waals surface area contributed by atoms with Crippen LogP contribution < -0.4 is 11.2 Å². The highest BCUT2D eigenvalue weighted by Crippen LogP contribution is 2.19. The van der Waals surface area contributed by atoms with E-state index in [1.165, 1.54) is 10.9 Å². The topological polar surface area (TPSA) is 55.3 Å². The molecule has 2 aromatic rings. The van der Waals surface area contributed by atoms with Gasteiger partial charge in [0, 0.05) is 29.2 Å². The summed E-state index contributed by atoms with van der Waals surface area (Å²) in [6.07, 6.45) is 3.79. The van der Waals surface area contributed by atoms with E-state index in [0.717, 1.165) is 12.1 Å². The molecular formula is C12H14N4S. The lowest BCUT2D eigenvalue weighted by Gasteiger charge is -1.97. The molecule has 0 amide bonds. The Kier molecular flexibility index (Phi) is 3.39. The second-order valence-corrected chi connectivity index (χ2v) is 4.06. The average Bonchev–Trinajstić information content (AvgIpc) is 2.68. The summed E-state index contributed by atoms with van der Waals surface area (Å²) in [5.74, 6) is 0. The van der Waals surface area contributed by atoms with Gasteiger partial charge in [0.25, 0.3) is 0 Å². The van der Waals surface area contributed by atoms with Gasteiger partial charge in [0.05, 0.1) is 6.21 Å². The molecule has 0 spiro atoms. The molecule has 4 nitrogen and oxygen atoms in total. The van der Waals surface area contributed by atoms with E-state index >= 15 is 0 Å². The third kappa shape index (κ3) is 2.45. The van der Waals surface area contributed by atoms with E-state index in [4.69, 9.17) is 5.73 Å². The summed E-state index contributed by atoms with van der Waals surface area (Å²) in [6.45, 7) is 3.04. The number of thiocarbonyl (C=S) groups is 1. The van der Waals surface area contributed by atoms with Crippen LogP contribution in [-0.2, 0) is 6.54 Å². The number of nitrogens with two attached hydrogens (primary N) is 1. The first-order chi connectivity index (χ1) is 8.22. The molecule has 0 fully saturated rings. The van der Waals surface area contributed by atoms with Gasteiger partial charge in [-0.3, -0.25) is 5.43 Å². The monoisotopic (exact) mass is 246 g/mol. The fourth-order valence-corrected chi connectivity index (χ4v) is 1.86. The minimum absolute atomic E-state index is 0.167. The minimum atomic E-state index is 0.167. The standard InChI is InChI=1S/C12H14N4S/c1-2-16-8-9(7-14-15-12(13)17)10-5-3-4-6-11(10)16/h3-8H,2H2,1H3,(H3,13,15,17)/b14-7-. The van der Waals surface area contributed by atoms with Gasteiger partial charge in [0.15, 0.2) is 5.11 Å². The Bertz CT molecular complexity index is 571. The number of nitrogens with zero attached hydrogens (tertiary/aromatic N) is 2. The molecule has 0 atom stereocenters. The molecule has 3 N–H and O–H groups in total. The molecule has 0 radical (unpaired) electrons. The molecule has 1 aromatic carbocycles. The van der Waals surface area contributed by atoms with Crippen molar-refractivity contribution < 1.29 is 0 Å². The van der Waals surface area contributed by atoms with E-state index in [-0.39, 0.29) is 5.11 Å². The van der Waals surface area contributed by atoms with Crippen molar-refractivity contribution in [3.8, 4) is 0 Å². The Hall–Kier alpha value is -1.88. The summed E-state index contributed by atoms with van der Waals surface area (Å²) in [5.41, 5.74) is 10.1. The molecule has 0 bridgehead atoms. The number of aryl methyl sites for hydroxylation is 1. The first-order valence-electron chi connectivity index (χ1n) is 5.38. The van der Waals surface area contributed by atoms with Crippen LogP contribution in [0.2, 0.25) is 0 Å². The molecule has 0 saturated heterocycles. The summed E-state index contributed by atoms with van der Waals surface area (Å²) < 4.78 is 2.18. The fourth-order valence-electron chi connectivity index (χ4n) is 1.81. The predicted molar refractivity (Wildman–Crippen MR) is 75.1 cm³/mol. The molecule has 17 heavy (non-hydrogen) atoms. The largest absolute Gasteiger partial charge is 0.375 e. The van der Waals surface area contributed by atoms with Gasteiger partial charge in [-0.2, -0.15) is 5.10 Å². The van der Waals surface area contributed by atoms with Gasteiger partial charge in [-0.1, -0.05) is 18.2 Å². The third-order valence-corrected chi connectivity index (χ3v) is 2.63.